The van der Waals surface area contributed by atoms with E-state index in [1.807, 2.05) is 0 Å². The van der Waals surface area contributed by atoms with Crippen LogP contribution in [0.4, 0.5) is 0 Å². The molecule has 1 aromatic rings. The van der Waals surface area contributed by atoms with Crippen molar-refractivity contribution < 1.29 is 0 Å². The van der Waals surface area contributed by atoms with Gasteiger partial charge in [-0.15, -0.1) is 0 Å². The van der Waals surface area contributed by atoms with Gasteiger partial charge in [-0.05, 0) is 133 Å². The molecule has 2 nitrogen and oxygen atoms in total. The molecule has 1 aliphatic heterocycles. The fraction of sp³-hybridized carbons (Fsp3) is 0.686. The highest BCUT2D eigenvalue weighted by atomic mass is 79.9. The summed E-state index contributed by atoms with van der Waals surface area (Å²) in [6, 6.07) is 8.92. The van der Waals surface area contributed by atoms with Gasteiger partial charge in [0.25, 0.3) is 0 Å². The normalized spacial score (nSPS) is 38.2. The molecule has 4 heteroatoms. The second-order valence-electron chi connectivity index (χ2n) is 14.7. The molecule has 1 heterocycles. The lowest BCUT2D eigenvalue weighted by Gasteiger charge is -2.59. The summed E-state index contributed by atoms with van der Waals surface area (Å²) in [5.74, 6) is 5.24. The molecule has 0 amide bonds. The van der Waals surface area contributed by atoms with Gasteiger partial charge in [-0.3, -0.25) is 0 Å². The maximum atomic E-state index is 5.69. The van der Waals surface area contributed by atoms with Gasteiger partial charge in [0.15, 0.2) is 5.11 Å². The Morgan fingerprint density at radius 2 is 1.87 bits per heavy atom. The van der Waals surface area contributed by atoms with E-state index in [1.165, 1.54) is 74.6 Å². The zero-order chi connectivity index (χ0) is 27.5. The van der Waals surface area contributed by atoms with Crippen molar-refractivity contribution in [3.8, 4) is 0 Å². The largest absolute Gasteiger partial charge is 0.352 e. The number of thiocarbonyl (C=S) groups is 1. The first-order valence-corrected chi connectivity index (χ1v) is 17.1. The number of allylic oxidation sites excluding steroid dienone is 2. The van der Waals surface area contributed by atoms with Gasteiger partial charge in [0.1, 0.15) is 0 Å². The van der Waals surface area contributed by atoms with E-state index in [0.29, 0.717) is 5.41 Å². The number of nitrogens with one attached hydrogen (secondary N) is 2. The summed E-state index contributed by atoms with van der Waals surface area (Å²) >= 11 is 9.39. The van der Waals surface area contributed by atoms with Crippen LogP contribution in [-0.4, -0.2) is 5.11 Å². The standard InChI is InChI=1S/C35H49BrN2S/c1-21(2)8-6-9-22(3)28-14-15-29-26-13-12-24-19-31-27(20-35(24,5)30(26)16-17-34(28,29)4)32(38-33(39)37-31)23-10-7-11-25(36)18-23/h7,10-11,18-19,21-22,26,28-30,32H,6,8-9,12-17,20H2,1-5H3,(H2,37,38,39)/t22-,26+,28-,29+,30+,32?,34-,35+/m1/s1. The third-order valence-electron chi connectivity index (χ3n) is 12.2. The summed E-state index contributed by atoms with van der Waals surface area (Å²) < 4.78 is 1.13. The molecule has 1 aromatic carbocycles. The SMILES string of the molecule is CC(C)CCC[C@@H](C)[C@H]1CC[C@H]2[C@@H]3CCC4=CC5=C(C[C@]4(C)[C@H]3CC[C@]12C)C(c1cccc(Br)c1)NC(=S)N5. The van der Waals surface area contributed by atoms with Gasteiger partial charge in [-0.2, -0.15) is 0 Å². The second kappa shape index (κ2) is 10.6. The third-order valence-corrected chi connectivity index (χ3v) is 12.9. The molecule has 5 aliphatic rings. The lowest BCUT2D eigenvalue weighted by molar-refractivity contribution is -0.0560. The summed E-state index contributed by atoms with van der Waals surface area (Å²) in [5.41, 5.74) is 6.57. The second-order valence-corrected chi connectivity index (χ2v) is 16.1. The number of benzene rings is 1. The molecule has 0 aromatic heterocycles. The molecule has 0 radical (unpaired) electrons. The maximum absolute atomic E-state index is 5.69. The van der Waals surface area contributed by atoms with Crippen LogP contribution in [0.1, 0.15) is 110 Å². The van der Waals surface area contributed by atoms with Crippen molar-refractivity contribution in [3.63, 3.8) is 0 Å². The first-order valence-electron chi connectivity index (χ1n) is 15.9. The van der Waals surface area contributed by atoms with Gasteiger partial charge < -0.3 is 10.6 Å². The Kier molecular flexibility index (Phi) is 7.62. The summed E-state index contributed by atoms with van der Waals surface area (Å²) in [6.45, 7) is 12.7. The van der Waals surface area contributed by atoms with E-state index >= 15 is 0 Å². The lowest BCUT2D eigenvalue weighted by Crippen LogP contribution is -2.52. The van der Waals surface area contributed by atoms with Crippen LogP contribution in [0, 0.1) is 46.3 Å². The first kappa shape index (κ1) is 28.0. The molecule has 1 unspecified atom stereocenters. The van der Waals surface area contributed by atoms with Crippen LogP contribution in [-0.2, 0) is 0 Å². The Bertz CT molecular complexity index is 1180. The van der Waals surface area contributed by atoms with Gasteiger partial charge in [0.05, 0.1) is 6.04 Å². The van der Waals surface area contributed by atoms with Gasteiger partial charge in [0.2, 0.25) is 0 Å². The van der Waals surface area contributed by atoms with Crippen molar-refractivity contribution in [2.45, 2.75) is 105 Å². The number of hydrogen-bond acceptors (Lipinski definition) is 1. The van der Waals surface area contributed by atoms with Gasteiger partial charge in [-0.25, -0.2) is 0 Å². The predicted octanol–water partition coefficient (Wildman–Crippen LogP) is 9.87. The smallest absolute Gasteiger partial charge is 0.171 e. The molecular weight excluding hydrogens is 560 g/mol. The highest BCUT2D eigenvalue weighted by molar-refractivity contribution is 9.10. The molecule has 0 saturated heterocycles. The Morgan fingerprint density at radius 3 is 2.64 bits per heavy atom. The monoisotopic (exact) mass is 608 g/mol. The fourth-order valence-corrected chi connectivity index (χ4v) is 11.0. The number of halogens is 1. The molecule has 3 fully saturated rings. The number of fused-ring (bicyclic) bond motifs is 5. The van der Waals surface area contributed by atoms with E-state index in [1.54, 1.807) is 5.57 Å². The summed E-state index contributed by atoms with van der Waals surface area (Å²) in [6.07, 6.45) is 16.3. The molecule has 212 valence electrons. The number of rotatable bonds is 6. The number of hydrogen-bond donors (Lipinski definition) is 2. The minimum Gasteiger partial charge on any atom is -0.352 e. The summed E-state index contributed by atoms with van der Waals surface area (Å²) in [4.78, 5) is 0. The molecule has 4 aliphatic carbocycles. The van der Waals surface area contributed by atoms with Crippen LogP contribution >= 0.6 is 28.1 Å². The fourth-order valence-electron chi connectivity index (χ4n) is 10.3. The van der Waals surface area contributed by atoms with Crippen molar-refractivity contribution in [1.82, 2.24) is 10.6 Å². The van der Waals surface area contributed by atoms with Gasteiger partial charge in [0, 0.05) is 10.2 Å². The average molecular weight is 610 g/mol. The van der Waals surface area contributed by atoms with Crippen LogP contribution in [0.5, 0.6) is 0 Å². The average Bonchev–Trinajstić information content (AvgIpc) is 3.24. The highest BCUT2D eigenvalue weighted by Crippen LogP contribution is 2.68. The minimum atomic E-state index is 0.151. The van der Waals surface area contributed by atoms with Crippen molar-refractivity contribution in [3.05, 3.63) is 57.2 Å². The van der Waals surface area contributed by atoms with Crippen molar-refractivity contribution in [2.24, 2.45) is 46.3 Å². The van der Waals surface area contributed by atoms with Crippen LogP contribution < -0.4 is 10.6 Å². The zero-order valence-electron chi connectivity index (χ0n) is 24.8. The van der Waals surface area contributed by atoms with Crippen LogP contribution in [0.2, 0.25) is 0 Å². The van der Waals surface area contributed by atoms with Crippen molar-refractivity contribution >= 4 is 33.3 Å². The van der Waals surface area contributed by atoms with E-state index in [0.717, 1.165) is 51.5 Å². The van der Waals surface area contributed by atoms with E-state index in [-0.39, 0.29) is 11.5 Å². The molecular formula is C35H49BrN2S. The summed E-state index contributed by atoms with van der Waals surface area (Å²) in [5, 5.41) is 7.94. The molecule has 2 N–H and O–H groups in total. The quantitative estimate of drug-likeness (QED) is 0.314. The minimum absolute atomic E-state index is 0.151. The Labute approximate surface area is 251 Å². The molecule has 6 rings (SSSR count). The van der Waals surface area contributed by atoms with E-state index < -0.39 is 0 Å². The van der Waals surface area contributed by atoms with Crippen molar-refractivity contribution in [1.29, 1.82) is 0 Å². The van der Waals surface area contributed by atoms with Crippen LogP contribution in [0.15, 0.2) is 51.7 Å². The topological polar surface area (TPSA) is 24.1 Å². The molecule has 3 saturated carbocycles. The molecule has 8 atom stereocenters. The van der Waals surface area contributed by atoms with Gasteiger partial charge >= 0.3 is 0 Å². The maximum Gasteiger partial charge on any atom is 0.171 e. The van der Waals surface area contributed by atoms with E-state index in [9.17, 15) is 0 Å². The predicted molar refractivity (Wildman–Crippen MR) is 171 cm³/mol. The molecule has 0 spiro atoms. The Hall–Kier alpha value is -1.13. The summed E-state index contributed by atoms with van der Waals surface area (Å²) in [7, 11) is 0. The lowest BCUT2D eigenvalue weighted by atomic mass is 9.46. The van der Waals surface area contributed by atoms with Crippen LogP contribution in [0.3, 0.4) is 0 Å². The first-order chi connectivity index (χ1) is 18.6. The van der Waals surface area contributed by atoms with Crippen LogP contribution in [0.25, 0.3) is 0 Å². The Balaban J connectivity index is 1.25. The van der Waals surface area contributed by atoms with E-state index in [2.05, 4.69) is 91.5 Å². The zero-order valence-corrected chi connectivity index (χ0v) is 27.2. The van der Waals surface area contributed by atoms with Crippen molar-refractivity contribution in [2.75, 3.05) is 0 Å². The van der Waals surface area contributed by atoms with E-state index in [4.69, 9.17) is 12.2 Å². The van der Waals surface area contributed by atoms with Gasteiger partial charge in [-0.1, -0.05) is 87.5 Å². The third kappa shape index (κ3) is 4.88. The molecule has 39 heavy (non-hydrogen) atoms. The molecule has 0 bridgehead atoms. The Morgan fingerprint density at radius 1 is 1.05 bits per heavy atom. The highest BCUT2D eigenvalue weighted by Gasteiger charge is 2.59.